The highest BCUT2D eigenvalue weighted by molar-refractivity contribution is 5.97. The van der Waals surface area contributed by atoms with Gasteiger partial charge in [0, 0.05) is 0 Å². The van der Waals surface area contributed by atoms with Gasteiger partial charge in [0.15, 0.2) is 11.6 Å². The highest BCUT2D eigenvalue weighted by Gasteiger charge is 2.34. The fraction of sp³-hybridized carbons (Fsp3) is 0.200. The van der Waals surface area contributed by atoms with Crippen molar-refractivity contribution in [1.29, 1.82) is 0 Å². The van der Waals surface area contributed by atoms with E-state index in [1.54, 1.807) is 0 Å². The number of rotatable bonds is 1. The summed E-state index contributed by atoms with van der Waals surface area (Å²) in [6.45, 7) is 0. The Bertz CT molecular complexity index is 442. The van der Waals surface area contributed by atoms with Crippen molar-refractivity contribution in [3.05, 3.63) is 35.4 Å². The van der Waals surface area contributed by atoms with Gasteiger partial charge in [-0.15, -0.1) is 0 Å². The molecule has 1 aliphatic rings. The number of halogens is 2. The summed E-state index contributed by atoms with van der Waals surface area (Å²) in [5.74, 6) is -4.20. The van der Waals surface area contributed by atoms with E-state index >= 15 is 0 Å². The zero-order valence-corrected chi connectivity index (χ0v) is 7.50. The van der Waals surface area contributed by atoms with E-state index in [1.807, 2.05) is 0 Å². The molecule has 2 rings (SSSR count). The van der Waals surface area contributed by atoms with Gasteiger partial charge in [-0.2, -0.15) is 0 Å². The summed E-state index contributed by atoms with van der Waals surface area (Å²) >= 11 is 0. The molecule has 0 radical (unpaired) electrons. The van der Waals surface area contributed by atoms with Gasteiger partial charge in [-0.1, -0.05) is 6.07 Å². The molecule has 0 bridgehead atoms. The lowest BCUT2D eigenvalue weighted by molar-refractivity contribution is -0.152. The predicted octanol–water partition coefficient (Wildman–Crippen LogP) is 1.52. The third kappa shape index (κ3) is 1.72. The molecule has 3 nitrogen and oxygen atoms in total. The van der Waals surface area contributed by atoms with Crippen molar-refractivity contribution in [3.63, 3.8) is 0 Å². The topological polar surface area (TPSA) is 43.4 Å². The second kappa shape index (κ2) is 3.42. The lowest BCUT2D eigenvalue weighted by Crippen LogP contribution is -2.06. The Kier molecular flexibility index (Phi) is 2.22. The van der Waals surface area contributed by atoms with E-state index in [4.69, 9.17) is 0 Å². The molecule has 0 saturated carbocycles. The fourth-order valence-electron chi connectivity index (χ4n) is 1.46. The zero-order valence-electron chi connectivity index (χ0n) is 7.50. The quantitative estimate of drug-likeness (QED) is 0.523. The summed E-state index contributed by atoms with van der Waals surface area (Å²) < 4.78 is 29.8. The molecule has 1 aliphatic heterocycles. The third-order valence-electron chi connectivity index (χ3n) is 2.22. The molecule has 15 heavy (non-hydrogen) atoms. The minimum absolute atomic E-state index is 0.121. The highest BCUT2D eigenvalue weighted by atomic mass is 19.2. The van der Waals surface area contributed by atoms with Gasteiger partial charge in [0.2, 0.25) is 0 Å². The number of ether oxygens (including phenoxy) is 1. The molecule has 1 fully saturated rings. The number of carbonyl (C=O) groups excluding carboxylic acids is 2. The highest BCUT2D eigenvalue weighted by Crippen LogP contribution is 2.28. The minimum Gasteiger partial charge on any atom is -0.393 e. The molecule has 5 heteroatoms. The second-order valence-electron chi connectivity index (χ2n) is 3.22. The molecule has 1 atom stereocenters. The molecule has 1 unspecified atom stereocenters. The average Bonchev–Trinajstić information content (AvgIpc) is 2.50. The number of hydrogen-bond acceptors (Lipinski definition) is 3. The number of hydrogen-bond donors (Lipinski definition) is 0. The van der Waals surface area contributed by atoms with E-state index in [0.717, 1.165) is 12.1 Å². The molecule has 78 valence electrons. The Morgan fingerprint density at radius 3 is 2.47 bits per heavy atom. The van der Waals surface area contributed by atoms with Crippen molar-refractivity contribution in [2.24, 2.45) is 0 Å². The van der Waals surface area contributed by atoms with Gasteiger partial charge >= 0.3 is 11.9 Å². The van der Waals surface area contributed by atoms with Gasteiger partial charge in [-0.3, -0.25) is 9.59 Å². The standard InChI is InChI=1S/C10H6F2O3/c11-7-2-1-5(3-8(7)12)6-4-9(13)15-10(6)14/h1-3,6H,4H2. The summed E-state index contributed by atoms with van der Waals surface area (Å²) in [6, 6.07) is 3.09. The van der Waals surface area contributed by atoms with Crippen LogP contribution in [0.25, 0.3) is 0 Å². The maximum Gasteiger partial charge on any atom is 0.321 e. The van der Waals surface area contributed by atoms with Gasteiger partial charge < -0.3 is 4.74 Å². The fourth-order valence-corrected chi connectivity index (χ4v) is 1.46. The van der Waals surface area contributed by atoms with Crippen LogP contribution in [0.3, 0.4) is 0 Å². The summed E-state index contributed by atoms with van der Waals surface area (Å²) in [5, 5.41) is 0. The SMILES string of the molecule is O=C1CC(c2ccc(F)c(F)c2)C(=O)O1. The van der Waals surface area contributed by atoms with Crippen molar-refractivity contribution in [2.75, 3.05) is 0 Å². The molecule has 0 aromatic heterocycles. The first-order valence-electron chi connectivity index (χ1n) is 4.27. The summed E-state index contributed by atoms with van der Waals surface area (Å²) in [6.07, 6.45) is -0.121. The summed E-state index contributed by atoms with van der Waals surface area (Å²) in [7, 11) is 0. The maximum atomic E-state index is 12.8. The van der Waals surface area contributed by atoms with Crippen LogP contribution in [-0.4, -0.2) is 11.9 Å². The largest absolute Gasteiger partial charge is 0.393 e. The van der Waals surface area contributed by atoms with Crippen LogP contribution >= 0.6 is 0 Å². The zero-order chi connectivity index (χ0) is 11.0. The third-order valence-corrected chi connectivity index (χ3v) is 2.22. The van der Waals surface area contributed by atoms with Crippen LogP contribution < -0.4 is 0 Å². The van der Waals surface area contributed by atoms with E-state index in [2.05, 4.69) is 4.74 Å². The van der Waals surface area contributed by atoms with Gasteiger partial charge in [-0.25, -0.2) is 8.78 Å². The molecule has 0 spiro atoms. The first-order chi connectivity index (χ1) is 7.08. The Morgan fingerprint density at radius 2 is 1.93 bits per heavy atom. The van der Waals surface area contributed by atoms with Crippen LogP contribution in [0.1, 0.15) is 17.9 Å². The number of carbonyl (C=O) groups is 2. The molecule has 0 amide bonds. The molecule has 0 aliphatic carbocycles. The summed E-state index contributed by atoms with van der Waals surface area (Å²) in [4.78, 5) is 21.9. The monoisotopic (exact) mass is 212 g/mol. The molecule has 1 aromatic rings. The van der Waals surface area contributed by atoms with Crippen molar-refractivity contribution in [1.82, 2.24) is 0 Å². The Morgan fingerprint density at radius 1 is 1.20 bits per heavy atom. The van der Waals surface area contributed by atoms with Gasteiger partial charge in [0.05, 0.1) is 12.3 Å². The molecular formula is C10H6F2O3. The maximum absolute atomic E-state index is 12.8. The predicted molar refractivity (Wildman–Crippen MR) is 44.8 cm³/mol. The Hall–Kier alpha value is -1.78. The number of benzene rings is 1. The van der Waals surface area contributed by atoms with Crippen molar-refractivity contribution in [2.45, 2.75) is 12.3 Å². The van der Waals surface area contributed by atoms with Crippen molar-refractivity contribution >= 4 is 11.9 Å². The molecular weight excluding hydrogens is 206 g/mol. The van der Waals surface area contributed by atoms with Gasteiger partial charge in [-0.05, 0) is 17.7 Å². The van der Waals surface area contributed by atoms with Crippen LogP contribution in [0.5, 0.6) is 0 Å². The van der Waals surface area contributed by atoms with E-state index in [-0.39, 0.29) is 12.0 Å². The minimum atomic E-state index is -1.04. The average molecular weight is 212 g/mol. The van der Waals surface area contributed by atoms with Gasteiger partial charge in [0.1, 0.15) is 0 Å². The van der Waals surface area contributed by atoms with E-state index in [9.17, 15) is 18.4 Å². The van der Waals surface area contributed by atoms with E-state index in [0.29, 0.717) is 0 Å². The first-order valence-corrected chi connectivity index (χ1v) is 4.27. The Balaban J connectivity index is 2.34. The first kappa shape index (κ1) is 9.76. The van der Waals surface area contributed by atoms with Crippen LogP contribution in [0.15, 0.2) is 18.2 Å². The molecule has 1 aromatic carbocycles. The Labute approximate surface area is 83.7 Å². The lowest BCUT2D eigenvalue weighted by atomic mass is 9.98. The van der Waals surface area contributed by atoms with Crippen molar-refractivity contribution < 1.29 is 23.1 Å². The van der Waals surface area contributed by atoms with Crippen LogP contribution in [-0.2, 0) is 14.3 Å². The van der Waals surface area contributed by atoms with Crippen LogP contribution in [0, 0.1) is 11.6 Å². The normalized spacial score (nSPS) is 20.5. The van der Waals surface area contributed by atoms with Crippen LogP contribution in [0.4, 0.5) is 8.78 Å². The smallest absolute Gasteiger partial charge is 0.321 e. The van der Waals surface area contributed by atoms with E-state index < -0.39 is 29.5 Å². The number of esters is 2. The lowest BCUT2D eigenvalue weighted by Gasteiger charge is -2.04. The molecule has 1 heterocycles. The van der Waals surface area contributed by atoms with E-state index in [1.165, 1.54) is 6.07 Å². The molecule has 0 N–H and O–H groups in total. The summed E-state index contributed by atoms with van der Waals surface area (Å²) in [5.41, 5.74) is 0.254. The van der Waals surface area contributed by atoms with Crippen molar-refractivity contribution in [3.8, 4) is 0 Å². The van der Waals surface area contributed by atoms with Crippen LogP contribution in [0.2, 0.25) is 0 Å². The molecule has 1 saturated heterocycles. The van der Waals surface area contributed by atoms with Gasteiger partial charge in [0.25, 0.3) is 0 Å². The number of cyclic esters (lactones) is 2. The second-order valence-corrected chi connectivity index (χ2v) is 3.22.